The van der Waals surface area contributed by atoms with E-state index in [9.17, 15) is 0 Å². The molecule has 0 aromatic heterocycles. The lowest BCUT2D eigenvalue weighted by atomic mass is 10.0. The predicted molar refractivity (Wildman–Crippen MR) is 70.7 cm³/mol. The fraction of sp³-hybridized carbons (Fsp3) is 0.571. The number of ether oxygens (including phenoxy) is 1. The molecule has 0 saturated carbocycles. The predicted octanol–water partition coefficient (Wildman–Crippen LogP) is 1.45. The van der Waals surface area contributed by atoms with Gasteiger partial charge in [-0.3, -0.25) is 0 Å². The Balaban J connectivity index is 2.05. The highest BCUT2D eigenvalue weighted by Gasteiger charge is 2.18. The molecular formula is C14H22N2O. The van der Waals surface area contributed by atoms with Crippen molar-refractivity contribution in [1.29, 1.82) is 0 Å². The average Bonchev–Trinajstić information content (AvgIpc) is 2.32. The molecule has 0 aliphatic carbocycles. The van der Waals surface area contributed by atoms with Gasteiger partial charge in [0.05, 0.1) is 7.11 Å². The quantitative estimate of drug-likeness (QED) is 0.856. The summed E-state index contributed by atoms with van der Waals surface area (Å²) in [6.45, 7) is 5.43. The normalized spacial score (nSPS) is 21.5. The standard InChI is InChI=1S/C14H22N2O/c1-11-8-12(4-5-14(11)17-3)9-13-10-15-6-7-16(13)2/h4-5,8,13,15H,6-7,9-10H2,1-3H3. The van der Waals surface area contributed by atoms with Crippen LogP contribution in [0, 0.1) is 6.92 Å². The van der Waals surface area contributed by atoms with Crippen LogP contribution in [-0.4, -0.2) is 44.7 Å². The van der Waals surface area contributed by atoms with E-state index in [1.807, 2.05) is 0 Å². The van der Waals surface area contributed by atoms with Crippen molar-refractivity contribution in [3.8, 4) is 5.75 Å². The van der Waals surface area contributed by atoms with Gasteiger partial charge in [-0.15, -0.1) is 0 Å². The third-order valence-electron chi connectivity index (χ3n) is 3.58. The van der Waals surface area contributed by atoms with Crippen LogP contribution in [0.25, 0.3) is 0 Å². The maximum Gasteiger partial charge on any atom is 0.121 e. The van der Waals surface area contributed by atoms with E-state index in [-0.39, 0.29) is 0 Å². The number of hydrogen-bond donors (Lipinski definition) is 1. The van der Waals surface area contributed by atoms with E-state index in [2.05, 4.69) is 42.4 Å². The molecule has 0 radical (unpaired) electrons. The van der Waals surface area contributed by atoms with Gasteiger partial charge < -0.3 is 15.0 Å². The number of hydrogen-bond acceptors (Lipinski definition) is 3. The molecule has 1 aliphatic heterocycles. The Hall–Kier alpha value is -1.06. The molecule has 0 spiro atoms. The van der Waals surface area contributed by atoms with E-state index in [0.29, 0.717) is 6.04 Å². The smallest absolute Gasteiger partial charge is 0.121 e. The molecule has 1 unspecified atom stereocenters. The molecule has 94 valence electrons. The summed E-state index contributed by atoms with van der Waals surface area (Å²) in [4.78, 5) is 2.44. The zero-order valence-electron chi connectivity index (χ0n) is 11.0. The molecular weight excluding hydrogens is 212 g/mol. The first-order valence-electron chi connectivity index (χ1n) is 6.25. The van der Waals surface area contributed by atoms with Crippen molar-refractivity contribution < 1.29 is 4.74 Å². The van der Waals surface area contributed by atoms with Crippen molar-refractivity contribution in [3.63, 3.8) is 0 Å². The minimum absolute atomic E-state index is 0.608. The van der Waals surface area contributed by atoms with Gasteiger partial charge in [-0.25, -0.2) is 0 Å². The van der Waals surface area contributed by atoms with Gasteiger partial charge in [-0.05, 0) is 37.6 Å². The summed E-state index contributed by atoms with van der Waals surface area (Å²) < 4.78 is 5.29. The van der Waals surface area contributed by atoms with E-state index in [0.717, 1.165) is 31.8 Å². The van der Waals surface area contributed by atoms with E-state index in [1.54, 1.807) is 7.11 Å². The fourth-order valence-corrected chi connectivity index (χ4v) is 2.43. The van der Waals surface area contributed by atoms with E-state index in [4.69, 9.17) is 4.74 Å². The third kappa shape index (κ3) is 2.99. The highest BCUT2D eigenvalue weighted by molar-refractivity contribution is 5.36. The zero-order valence-corrected chi connectivity index (χ0v) is 11.0. The van der Waals surface area contributed by atoms with Crippen LogP contribution < -0.4 is 10.1 Å². The second-order valence-corrected chi connectivity index (χ2v) is 4.85. The van der Waals surface area contributed by atoms with Crippen LogP contribution in [0.2, 0.25) is 0 Å². The number of rotatable bonds is 3. The van der Waals surface area contributed by atoms with Gasteiger partial charge in [0.1, 0.15) is 5.75 Å². The van der Waals surface area contributed by atoms with Gasteiger partial charge in [-0.2, -0.15) is 0 Å². The summed E-state index contributed by atoms with van der Waals surface area (Å²) in [6, 6.07) is 7.09. The Labute approximate surface area is 104 Å². The SMILES string of the molecule is COc1ccc(CC2CNCCN2C)cc1C. The number of nitrogens with zero attached hydrogens (tertiary/aromatic N) is 1. The average molecular weight is 234 g/mol. The summed E-state index contributed by atoms with van der Waals surface area (Å²) in [6.07, 6.45) is 1.11. The highest BCUT2D eigenvalue weighted by atomic mass is 16.5. The molecule has 2 rings (SSSR count). The van der Waals surface area contributed by atoms with Gasteiger partial charge in [0.25, 0.3) is 0 Å². The minimum Gasteiger partial charge on any atom is -0.496 e. The van der Waals surface area contributed by atoms with Crippen LogP contribution in [0.1, 0.15) is 11.1 Å². The Kier molecular flexibility index (Phi) is 4.02. The van der Waals surface area contributed by atoms with E-state index < -0.39 is 0 Å². The van der Waals surface area contributed by atoms with Crippen molar-refractivity contribution >= 4 is 0 Å². The van der Waals surface area contributed by atoms with Gasteiger partial charge in [-0.1, -0.05) is 12.1 Å². The summed E-state index contributed by atoms with van der Waals surface area (Å²) in [5.74, 6) is 0.976. The number of piperazine rings is 1. The van der Waals surface area contributed by atoms with E-state index in [1.165, 1.54) is 11.1 Å². The van der Waals surface area contributed by atoms with Crippen LogP contribution in [0.15, 0.2) is 18.2 Å². The maximum atomic E-state index is 5.29. The molecule has 3 nitrogen and oxygen atoms in total. The highest BCUT2D eigenvalue weighted by Crippen LogP contribution is 2.20. The first-order valence-corrected chi connectivity index (χ1v) is 6.25. The monoisotopic (exact) mass is 234 g/mol. The van der Waals surface area contributed by atoms with Crippen molar-refractivity contribution in [2.75, 3.05) is 33.8 Å². The summed E-state index contributed by atoms with van der Waals surface area (Å²) in [5, 5.41) is 3.46. The van der Waals surface area contributed by atoms with Gasteiger partial charge in [0.2, 0.25) is 0 Å². The first-order chi connectivity index (χ1) is 8.20. The molecule has 1 fully saturated rings. The number of aryl methyl sites for hydroxylation is 1. The Morgan fingerprint density at radius 1 is 1.47 bits per heavy atom. The van der Waals surface area contributed by atoms with Crippen molar-refractivity contribution in [1.82, 2.24) is 10.2 Å². The molecule has 1 atom stereocenters. The van der Waals surface area contributed by atoms with Crippen molar-refractivity contribution in [2.45, 2.75) is 19.4 Å². The van der Waals surface area contributed by atoms with Crippen molar-refractivity contribution in [2.24, 2.45) is 0 Å². The second-order valence-electron chi connectivity index (χ2n) is 4.85. The number of likely N-dealkylation sites (N-methyl/N-ethyl adjacent to an activating group) is 1. The maximum absolute atomic E-state index is 5.29. The van der Waals surface area contributed by atoms with Crippen LogP contribution in [-0.2, 0) is 6.42 Å². The van der Waals surface area contributed by atoms with Crippen LogP contribution in [0.5, 0.6) is 5.75 Å². The molecule has 0 amide bonds. The largest absolute Gasteiger partial charge is 0.496 e. The minimum atomic E-state index is 0.608. The summed E-state index contributed by atoms with van der Waals surface area (Å²) >= 11 is 0. The van der Waals surface area contributed by atoms with Crippen LogP contribution in [0.4, 0.5) is 0 Å². The molecule has 1 aliphatic rings. The molecule has 1 heterocycles. The molecule has 1 N–H and O–H groups in total. The zero-order chi connectivity index (χ0) is 12.3. The Morgan fingerprint density at radius 2 is 2.29 bits per heavy atom. The Bertz CT molecular complexity index is 378. The van der Waals surface area contributed by atoms with Gasteiger partial charge in [0, 0.05) is 25.7 Å². The van der Waals surface area contributed by atoms with Crippen molar-refractivity contribution in [3.05, 3.63) is 29.3 Å². The van der Waals surface area contributed by atoms with Gasteiger partial charge in [0.15, 0.2) is 0 Å². The molecule has 1 aromatic rings. The topological polar surface area (TPSA) is 24.5 Å². The summed E-state index contributed by atoms with van der Waals surface area (Å²) in [7, 11) is 3.93. The lowest BCUT2D eigenvalue weighted by molar-refractivity contribution is 0.199. The van der Waals surface area contributed by atoms with Crippen LogP contribution >= 0.6 is 0 Å². The molecule has 0 bridgehead atoms. The molecule has 1 saturated heterocycles. The molecule has 1 aromatic carbocycles. The van der Waals surface area contributed by atoms with E-state index >= 15 is 0 Å². The Morgan fingerprint density at radius 3 is 2.94 bits per heavy atom. The molecule has 17 heavy (non-hydrogen) atoms. The van der Waals surface area contributed by atoms with Crippen LogP contribution in [0.3, 0.4) is 0 Å². The summed E-state index contributed by atoms with van der Waals surface area (Å²) in [5.41, 5.74) is 2.61. The lowest BCUT2D eigenvalue weighted by Gasteiger charge is -2.33. The number of methoxy groups -OCH3 is 1. The third-order valence-corrected chi connectivity index (χ3v) is 3.58. The lowest BCUT2D eigenvalue weighted by Crippen LogP contribution is -2.50. The first kappa shape index (κ1) is 12.4. The number of nitrogens with one attached hydrogen (secondary N) is 1. The number of benzene rings is 1. The fourth-order valence-electron chi connectivity index (χ4n) is 2.43. The molecule has 3 heteroatoms. The van der Waals surface area contributed by atoms with Gasteiger partial charge >= 0.3 is 0 Å². The second kappa shape index (κ2) is 5.52.